The molecule has 0 unspecified atom stereocenters. The summed E-state index contributed by atoms with van der Waals surface area (Å²) in [6, 6.07) is 7.12. The summed E-state index contributed by atoms with van der Waals surface area (Å²) in [4.78, 5) is 14.1. The lowest BCUT2D eigenvalue weighted by Crippen LogP contribution is -2.31. The summed E-state index contributed by atoms with van der Waals surface area (Å²) in [5.41, 5.74) is 0.523. The molecule has 0 bridgehead atoms. The SMILES string of the molecule is CCN(Cc1nn[nH]n1)C(=O)c1ccccc1OC. The fraction of sp³-hybridized carbons (Fsp3) is 0.333. The normalized spacial score (nSPS) is 10.2. The van der Waals surface area contributed by atoms with Crippen molar-refractivity contribution in [1.82, 2.24) is 25.5 Å². The number of carbonyl (C=O) groups excluding carboxylic acids is 1. The van der Waals surface area contributed by atoms with Gasteiger partial charge in [-0.2, -0.15) is 5.21 Å². The minimum Gasteiger partial charge on any atom is -0.496 e. The molecule has 1 aromatic heterocycles. The Morgan fingerprint density at radius 1 is 1.42 bits per heavy atom. The molecular weight excluding hydrogens is 246 g/mol. The number of amides is 1. The molecule has 0 radical (unpaired) electrons. The molecule has 1 aromatic carbocycles. The van der Waals surface area contributed by atoms with Crippen molar-refractivity contribution < 1.29 is 9.53 Å². The largest absolute Gasteiger partial charge is 0.496 e. The van der Waals surface area contributed by atoms with Crippen LogP contribution in [0.2, 0.25) is 0 Å². The van der Waals surface area contributed by atoms with Crippen molar-refractivity contribution >= 4 is 5.91 Å². The first-order valence-corrected chi connectivity index (χ1v) is 5.90. The topological polar surface area (TPSA) is 84.0 Å². The highest BCUT2D eigenvalue weighted by atomic mass is 16.5. The molecule has 19 heavy (non-hydrogen) atoms. The van der Waals surface area contributed by atoms with Gasteiger partial charge in [0.25, 0.3) is 5.91 Å². The lowest BCUT2D eigenvalue weighted by Gasteiger charge is -2.20. The number of H-pyrrole nitrogens is 1. The van der Waals surface area contributed by atoms with Crippen molar-refractivity contribution in [3.05, 3.63) is 35.7 Å². The number of para-hydroxylation sites is 1. The van der Waals surface area contributed by atoms with E-state index in [1.807, 2.05) is 13.0 Å². The number of nitrogens with zero attached hydrogens (tertiary/aromatic N) is 4. The van der Waals surface area contributed by atoms with Crippen LogP contribution in [0.4, 0.5) is 0 Å². The molecule has 2 rings (SSSR count). The van der Waals surface area contributed by atoms with Gasteiger partial charge in [-0.15, -0.1) is 10.2 Å². The first kappa shape index (κ1) is 13.0. The maximum Gasteiger partial charge on any atom is 0.258 e. The summed E-state index contributed by atoms with van der Waals surface area (Å²) in [5.74, 6) is 0.911. The van der Waals surface area contributed by atoms with Gasteiger partial charge in [-0.3, -0.25) is 4.79 Å². The third-order valence-electron chi connectivity index (χ3n) is 2.73. The molecule has 7 heteroatoms. The number of benzene rings is 1. The second kappa shape index (κ2) is 5.94. The second-order valence-electron chi connectivity index (χ2n) is 3.85. The van der Waals surface area contributed by atoms with Gasteiger partial charge < -0.3 is 9.64 Å². The summed E-state index contributed by atoms with van der Waals surface area (Å²) in [6.07, 6.45) is 0. The Morgan fingerprint density at radius 2 is 2.21 bits per heavy atom. The van der Waals surface area contributed by atoms with Crippen molar-refractivity contribution in [2.45, 2.75) is 13.5 Å². The zero-order chi connectivity index (χ0) is 13.7. The van der Waals surface area contributed by atoms with Crippen LogP contribution in [0.3, 0.4) is 0 Å². The number of tetrazole rings is 1. The molecule has 0 atom stereocenters. The van der Waals surface area contributed by atoms with Crippen LogP contribution < -0.4 is 4.74 Å². The Balaban J connectivity index is 2.20. The Bertz CT molecular complexity index is 541. The van der Waals surface area contributed by atoms with Crippen molar-refractivity contribution in [2.24, 2.45) is 0 Å². The van der Waals surface area contributed by atoms with E-state index in [4.69, 9.17) is 4.74 Å². The summed E-state index contributed by atoms with van der Waals surface area (Å²) < 4.78 is 5.20. The molecular formula is C12H15N5O2. The molecule has 0 saturated heterocycles. The van der Waals surface area contributed by atoms with Gasteiger partial charge in [0.05, 0.1) is 19.2 Å². The third kappa shape index (κ3) is 2.87. The van der Waals surface area contributed by atoms with Gasteiger partial charge >= 0.3 is 0 Å². The van der Waals surface area contributed by atoms with Crippen LogP contribution in [-0.4, -0.2) is 45.1 Å². The minimum absolute atomic E-state index is 0.121. The number of aromatic nitrogens is 4. The van der Waals surface area contributed by atoms with E-state index in [1.54, 1.807) is 30.2 Å². The van der Waals surface area contributed by atoms with Crippen molar-refractivity contribution in [2.75, 3.05) is 13.7 Å². The first-order chi connectivity index (χ1) is 9.26. The Hall–Kier alpha value is -2.44. The third-order valence-corrected chi connectivity index (χ3v) is 2.73. The number of rotatable bonds is 5. The molecule has 0 saturated carbocycles. The number of methoxy groups -OCH3 is 1. The van der Waals surface area contributed by atoms with Crippen molar-refractivity contribution in [3.63, 3.8) is 0 Å². The van der Waals surface area contributed by atoms with E-state index in [1.165, 1.54) is 0 Å². The van der Waals surface area contributed by atoms with E-state index in [-0.39, 0.29) is 5.91 Å². The van der Waals surface area contributed by atoms with Crippen LogP contribution in [-0.2, 0) is 6.54 Å². The minimum atomic E-state index is -0.121. The lowest BCUT2D eigenvalue weighted by molar-refractivity contribution is 0.0745. The number of nitrogens with one attached hydrogen (secondary N) is 1. The summed E-state index contributed by atoms with van der Waals surface area (Å²) in [7, 11) is 1.54. The molecule has 1 heterocycles. The van der Waals surface area contributed by atoms with E-state index in [0.717, 1.165) is 0 Å². The molecule has 0 fully saturated rings. The smallest absolute Gasteiger partial charge is 0.258 e. The number of hydrogen-bond acceptors (Lipinski definition) is 5. The monoisotopic (exact) mass is 261 g/mol. The van der Waals surface area contributed by atoms with E-state index < -0.39 is 0 Å². The van der Waals surface area contributed by atoms with E-state index >= 15 is 0 Å². The molecule has 0 aliphatic rings. The molecule has 0 aliphatic carbocycles. The fourth-order valence-corrected chi connectivity index (χ4v) is 1.74. The molecule has 7 nitrogen and oxygen atoms in total. The summed E-state index contributed by atoms with van der Waals surface area (Å²) >= 11 is 0. The van der Waals surface area contributed by atoms with E-state index in [0.29, 0.717) is 30.2 Å². The predicted molar refractivity (Wildman–Crippen MR) is 67.6 cm³/mol. The lowest BCUT2D eigenvalue weighted by atomic mass is 10.1. The van der Waals surface area contributed by atoms with Gasteiger partial charge in [0, 0.05) is 6.54 Å². The molecule has 1 N–H and O–H groups in total. The van der Waals surface area contributed by atoms with E-state index in [9.17, 15) is 4.79 Å². The van der Waals surface area contributed by atoms with Gasteiger partial charge in [-0.1, -0.05) is 17.3 Å². The highest BCUT2D eigenvalue weighted by molar-refractivity contribution is 5.96. The average Bonchev–Trinajstić information content (AvgIpc) is 2.97. The standard InChI is InChI=1S/C12H15N5O2/c1-3-17(8-11-13-15-16-14-11)12(18)9-6-4-5-7-10(9)19-2/h4-7H,3,8H2,1-2H3,(H,13,14,15,16). The average molecular weight is 261 g/mol. The first-order valence-electron chi connectivity index (χ1n) is 5.90. The van der Waals surface area contributed by atoms with Gasteiger partial charge in [0.1, 0.15) is 5.75 Å². The molecule has 0 spiro atoms. The second-order valence-corrected chi connectivity index (χ2v) is 3.85. The Labute approximate surface area is 110 Å². The highest BCUT2D eigenvalue weighted by Crippen LogP contribution is 2.19. The molecule has 0 aliphatic heterocycles. The van der Waals surface area contributed by atoms with Gasteiger partial charge in [0.2, 0.25) is 0 Å². The fourth-order valence-electron chi connectivity index (χ4n) is 1.74. The van der Waals surface area contributed by atoms with Crippen LogP contribution in [0.15, 0.2) is 24.3 Å². The van der Waals surface area contributed by atoms with Gasteiger partial charge in [0.15, 0.2) is 5.82 Å². The number of hydrogen-bond donors (Lipinski definition) is 1. The zero-order valence-corrected chi connectivity index (χ0v) is 10.8. The Morgan fingerprint density at radius 3 is 2.84 bits per heavy atom. The quantitative estimate of drug-likeness (QED) is 0.863. The Kier molecular flexibility index (Phi) is 4.07. The number of aromatic amines is 1. The number of ether oxygens (including phenoxy) is 1. The van der Waals surface area contributed by atoms with Gasteiger partial charge in [-0.25, -0.2) is 0 Å². The van der Waals surface area contributed by atoms with Crippen LogP contribution in [0.5, 0.6) is 5.75 Å². The summed E-state index contributed by atoms with van der Waals surface area (Å²) in [6.45, 7) is 2.75. The molecule has 1 amide bonds. The van der Waals surface area contributed by atoms with Crippen LogP contribution >= 0.6 is 0 Å². The van der Waals surface area contributed by atoms with Crippen LogP contribution in [0.25, 0.3) is 0 Å². The van der Waals surface area contributed by atoms with E-state index in [2.05, 4.69) is 20.6 Å². The number of carbonyl (C=O) groups is 1. The molecule has 2 aromatic rings. The van der Waals surface area contributed by atoms with Gasteiger partial charge in [-0.05, 0) is 19.1 Å². The van der Waals surface area contributed by atoms with Crippen molar-refractivity contribution in [1.29, 1.82) is 0 Å². The predicted octanol–water partition coefficient (Wildman–Crippen LogP) is 0.871. The molecule has 100 valence electrons. The zero-order valence-electron chi connectivity index (χ0n) is 10.8. The maximum atomic E-state index is 12.4. The summed E-state index contributed by atoms with van der Waals surface area (Å²) in [5, 5.41) is 13.5. The highest BCUT2D eigenvalue weighted by Gasteiger charge is 2.19. The van der Waals surface area contributed by atoms with Crippen molar-refractivity contribution in [3.8, 4) is 5.75 Å². The van der Waals surface area contributed by atoms with Crippen LogP contribution in [0, 0.1) is 0 Å². The van der Waals surface area contributed by atoms with Crippen LogP contribution in [0.1, 0.15) is 23.1 Å². The maximum absolute atomic E-state index is 12.4.